The first kappa shape index (κ1) is 20.6. The number of hydrogen-bond donors (Lipinski definition) is 0. The first-order chi connectivity index (χ1) is 16.2. The maximum absolute atomic E-state index is 5.75. The van der Waals surface area contributed by atoms with Crippen molar-refractivity contribution >= 4 is 16.7 Å². The Bertz CT molecular complexity index is 1380. The highest BCUT2D eigenvalue weighted by Crippen LogP contribution is 2.35. The van der Waals surface area contributed by atoms with Crippen molar-refractivity contribution in [2.45, 2.75) is 19.9 Å². The van der Waals surface area contributed by atoms with Gasteiger partial charge in [-0.2, -0.15) is 4.98 Å². The van der Waals surface area contributed by atoms with Gasteiger partial charge in [-0.15, -0.1) is 0 Å². The highest BCUT2D eigenvalue weighted by molar-refractivity contribution is 6.00. The van der Waals surface area contributed by atoms with E-state index in [0.29, 0.717) is 23.4 Å². The highest BCUT2D eigenvalue weighted by Gasteiger charge is 2.27. The maximum Gasteiger partial charge on any atom is 0.252 e. The van der Waals surface area contributed by atoms with Crippen LogP contribution in [0.5, 0.6) is 0 Å². The lowest BCUT2D eigenvalue weighted by Crippen LogP contribution is -2.27. The Morgan fingerprint density at radius 3 is 2.52 bits per heavy atom. The summed E-state index contributed by atoms with van der Waals surface area (Å²) in [4.78, 5) is 32.3. The van der Waals surface area contributed by atoms with Gasteiger partial charge in [0.05, 0.1) is 18.0 Å². The largest absolute Gasteiger partial charge is 0.337 e. The average molecular weight is 440 g/mol. The van der Waals surface area contributed by atoms with E-state index in [1.807, 2.05) is 44.2 Å². The number of pyridine rings is 1. The van der Waals surface area contributed by atoms with Gasteiger partial charge in [-0.3, -0.25) is 9.82 Å². The summed E-state index contributed by atoms with van der Waals surface area (Å²) in [6.07, 6.45) is 8.41. The van der Waals surface area contributed by atoms with E-state index in [1.165, 1.54) is 6.33 Å². The third-order valence-electron chi connectivity index (χ3n) is 5.16. The minimum Gasteiger partial charge on any atom is -0.337 e. The molecule has 1 aromatic carbocycles. The molecule has 4 heterocycles. The fourth-order valence-electron chi connectivity index (χ4n) is 3.53. The number of nitrogens with zero attached hydrogens (tertiary/aromatic N) is 8. The molecule has 0 fully saturated rings. The summed E-state index contributed by atoms with van der Waals surface area (Å²) in [6, 6.07) is 8.95. The molecule has 0 bridgehead atoms. The zero-order valence-corrected chi connectivity index (χ0v) is 18.2. The molecule has 5 rings (SSSR count). The van der Waals surface area contributed by atoms with Crippen LogP contribution in [-0.4, -0.2) is 42.2 Å². The monoisotopic (exact) mass is 440 g/mol. The van der Waals surface area contributed by atoms with Crippen LogP contribution in [0.4, 0.5) is 5.82 Å². The summed E-state index contributed by atoms with van der Waals surface area (Å²) in [5, 5.41) is 6.48. The van der Waals surface area contributed by atoms with Crippen molar-refractivity contribution in [2.24, 2.45) is 0 Å². The first-order valence-electron chi connectivity index (χ1n) is 10.3. The predicted molar refractivity (Wildman–Crippen MR) is 121 cm³/mol. The number of hydrogen-bond acceptors (Lipinski definition) is 10. The number of aryl methyl sites for hydroxylation is 1. The van der Waals surface area contributed by atoms with Gasteiger partial charge >= 0.3 is 0 Å². The van der Waals surface area contributed by atoms with Gasteiger partial charge in [0.15, 0.2) is 11.6 Å². The smallest absolute Gasteiger partial charge is 0.252 e. The van der Waals surface area contributed by atoms with Crippen LogP contribution < -0.4 is 5.06 Å². The maximum atomic E-state index is 5.75. The van der Waals surface area contributed by atoms with E-state index in [9.17, 15) is 0 Å². The molecular formula is C23H20N8O2. The van der Waals surface area contributed by atoms with Gasteiger partial charge in [0.25, 0.3) is 5.89 Å². The second kappa shape index (κ2) is 8.67. The summed E-state index contributed by atoms with van der Waals surface area (Å²) in [5.41, 5.74) is 3.31. The van der Waals surface area contributed by atoms with Crippen molar-refractivity contribution in [1.29, 1.82) is 0 Å². The molecule has 4 aromatic heterocycles. The standard InChI is InChI=1S/C23H20N8O2/c1-14-11-25-21(26-12-14)17-5-4-6-18-19(17)22(28-13-27-18)31(32-3)15(2)23-29-20(30-33-23)16-7-9-24-10-8-16/h4-13,15H,1-3H3. The molecule has 0 spiro atoms. The molecule has 0 aliphatic carbocycles. The Kier molecular flexibility index (Phi) is 5.41. The zero-order chi connectivity index (χ0) is 22.8. The lowest BCUT2D eigenvalue weighted by molar-refractivity contribution is 0.130. The van der Waals surface area contributed by atoms with Crippen LogP contribution >= 0.6 is 0 Å². The molecule has 0 saturated carbocycles. The van der Waals surface area contributed by atoms with Gasteiger partial charge < -0.3 is 4.52 Å². The van der Waals surface area contributed by atoms with E-state index in [1.54, 1.807) is 37.0 Å². The van der Waals surface area contributed by atoms with Crippen molar-refractivity contribution in [2.75, 3.05) is 12.2 Å². The fourth-order valence-corrected chi connectivity index (χ4v) is 3.53. The number of rotatable bonds is 6. The molecule has 0 saturated heterocycles. The van der Waals surface area contributed by atoms with Crippen LogP contribution in [-0.2, 0) is 4.84 Å². The fraction of sp³-hybridized carbons (Fsp3) is 0.174. The molecule has 10 nitrogen and oxygen atoms in total. The lowest BCUT2D eigenvalue weighted by Gasteiger charge is -2.26. The zero-order valence-electron chi connectivity index (χ0n) is 18.2. The van der Waals surface area contributed by atoms with Crippen LogP contribution in [0.2, 0.25) is 0 Å². The van der Waals surface area contributed by atoms with Crippen LogP contribution in [0.3, 0.4) is 0 Å². The number of fused-ring (bicyclic) bond motifs is 1. The number of aromatic nitrogens is 7. The average Bonchev–Trinajstić information content (AvgIpc) is 3.36. The number of hydroxylamine groups is 1. The number of anilines is 1. The van der Waals surface area contributed by atoms with Crippen LogP contribution in [0.1, 0.15) is 24.4 Å². The summed E-state index contributed by atoms with van der Waals surface area (Å²) in [7, 11) is 1.57. The van der Waals surface area contributed by atoms with Gasteiger partial charge in [-0.05, 0) is 37.6 Å². The lowest BCUT2D eigenvalue weighted by atomic mass is 10.1. The molecule has 1 unspecified atom stereocenters. The first-order valence-corrected chi connectivity index (χ1v) is 10.3. The summed E-state index contributed by atoms with van der Waals surface area (Å²) < 4.78 is 5.55. The van der Waals surface area contributed by atoms with E-state index in [4.69, 9.17) is 9.36 Å². The molecular weight excluding hydrogens is 420 g/mol. The van der Waals surface area contributed by atoms with Gasteiger partial charge in [-0.25, -0.2) is 25.0 Å². The Morgan fingerprint density at radius 1 is 0.970 bits per heavy atom. The van der Waals surface area contributed by atoms with E-state index in [-0.39, 0.29) is 0 Å². The quantitative estimate of drug-likeness (QED) is 0.359. The van der Waals surface area contributed by atoms with Gasteiger partial charge in [0.1, 0.15) is 12.4 Å². The van der Waals surface area contributed by atoms with E-state index < -0.39 is 6.04 Å². The molecule has 164 valence electrons. The number of benzene rings is 1. The molecule has 33 heavy (non-hydrogen) atoms. The highest BCUT2D eigenvalue weighted by atomic mass is 16.7. The van der Waals surface area contributed by atoms with Gasteiger partial charge in [-0.1, -0.05) is 17.3 Å². The Labute approximate surface area is 189 Å². The van der Waals surface area contributed by atoms with Crippen LogP contribution in [0.15, 0.2) is 66.0 Å². The second-order valence-corrected chi connectivity index (χ2v) is 7.36. The summed E-state index contributed by atoms with van der Waals surface area (Å²) >= 11 is 0. The Hall–Kier alpha value is -4.31. The molecule has 5 aromatic rings. The third kappa shape index (κ3) is 3.87. The SMILES string of the molecule is CON(c1ncnc2cccc(-c3ncc(C)cn3)c12)C(C)c1nc(-c2ccncc2)no1. The van der Waals surface area contributed by atoms with Crippen molar-refractivity contribution < 1.29 is 9.36 Å². The molecule has 0 aliphatic rings. The third-order valence-corrected chi connectivity index (χ3v) is 5.16. The molecule has 0 N–H and O–H groups in total. The minimum absolute atomic E-state index is 0.375. The summed E-state index contributed by atoms with van der Waals surface area (Å²) in [5.74, 6) is 1.96. The molecule has 1 atom stereocenters. The normalized spacial score (nSPS) is 12.1. The minimum atomic E-state index is -0.442. The van der Waals surface area contributed by atoms with Crippen LogP contribution in [0, 0.1) is 6.92 Å². The Morgan fingerprint density at radius 2 is 1.76 bits per heavy atom. The van der Waals surface area contributed by atoms with Crippen molar-refractivity contribution in [3.8, 4) is 22.8 Å². The predicted octanol–water partition coefficient (Wildman–Crippen LogP) is 3.97. The van der Waals surface area contributed by atoms with E-state index in [0.717, 1.165) is 27.6 Å². The van der Waals surface area contributed by atoms with Gasteiger partial charge in [0, 0.05) is 35.9 Å². The molecule has 0 radical (unpaired) electrons. The summed E-state index contributed by atoms with van der Waals surface area (Å²) in [6.45, 7) is 3.84. The molecule has 0 aliphatic heterocycles. The van der Waals surface area contributed by atoms with Crippen molar-refractivity contribution in [3.63, 3.8) is 0 Å². The molecule has 0 amide bonds. The van der Waals surface area contributed by atoms with Crippen molar-refractivity contribution in [3.05, 3.63) is 72.9 Å². The van der Waals surface area contributed by atoms with Crippen molar-refractivity contribution in [1.82, 2.24) is 35.1 Å². The Balaban J connectivity index is 1.59. The van der Waals surface area contributed by atoms with E-state index in [2.05, 4.69) is 35.1 Å². The molecule has 10 heteroatoms. The van der Waals surface area contributed by atoms with Gasteiger partial charge in [0.2, 0.25) is 5.82 Å². The second-order valence-electron chi connectivity index (χ2n) is 7.36. The topological polar surface area (TPSA) is 116 Å². The van der Waals surface area contributed by atoms with E-state index >= 15 is 0 Å². The van der Waals surface area contributed by atoms with Crippen LogP contribution in [0.25, 0.3) is 33.7 Å².